The number of aromatic nitrogens is 4. The largest absolute Gasteiger partial charge is 0.321 e. The Hall–Kier alpha value is -3.44. The lowest BCUT2D eigenvalue weighted by Gasteiger charge is -2.19. The Morgan fingerprint density at radius 1 is 1.13 bits per heavy atom. The standard InChI is InChI=1S/C24H19ClN4O/c25-18-11-12-20-19(13-18)22(17-9-5-2-6-10-17)23(24(30)26-20)21-15-29(28-27-21)14-16-7-3-1-4-8-16/h1-9,11-13,15,17H,10,14H2,(H,26,30). The van der Waals surface area contributed by atoms with E-state index in [-0.39, 0.29) is 11.5 Å². The van der Waals surface area contributed by atoms with Crippen molar-refractivity contribution >= 4 is 22.5 Å². The van der Waals surface area contributed by atoms with E-state index in [9.17, 15) is 4.79 Å². The van der Waals surface area contributed by atoms with Gasteiger partial charge in [-0.3, -0.25) is 4.79 Å². The number of benzene rings is 2. The topological polar surface area (TPSA) is 63.6 Å². The van der Waals surface area contributed by atoms with Gasteiger partial charge in [-0.2, -0.15) is 0 Å². The zero-order valence-electron chi connectivity index (χ0n) is 16.1. The third-order valence-corrected chi connectivity index (χ3v) is 5.59. The fourth-order valence-corrected chi connectivity index (χ4v) is 4.16. The monoisotopic (exact) mass is 414 g/mol. The molecule has 2 heterocycles. The van der Waals surface area contributed by atoms with Crippen LogP contribution in [0.2, 0.25) is 5.02 Å². The zero-order chi connectivity index (χ0) is 20.5. The van der Waals surface area contributed by atoms with Crippen molar-refractivity contribution in [3.63, 3.8) is 0 Å². The first-order chi connectivity index (χ1) is 14.7. The fraction of sp³-hybridized carbons (Fsp3) is 0.125. The van der Waals surface area contributed by atoms with Crippen LogP contribution in [0.4, 0.5) is 0 Å². The lowest BCUT2D eigenvalue weighted by molar-refractivity contribution is 0.650. The molecule has 4 aromatic rings. The second-order valence-electron chi connectivity index (χ2n) is 7.37. The summed E-state index contributed by atoms with van der Waals surface area (Å²) in [6.07, 6.45) is 10.9. The van der Waals surface area contributed by atoms with Crippen molar-refractivity contribution in [1.82, 2.24) is 20.0 Å². The summed E-state index contributed by atoms with van der Waals surface area (Å²) in [7, 11) is 0. The molecule has 6 heteroatoms. The summed E-state index contributed by atoms with van der Waals surface area (Å²) in [6, 6.07) is 15.6. The highest BCUT2D eigenvalue weighted by molar-refractivity contribution is 6.31. The van der Waals surface area contributed by atoms with Gasteiger partial charge in [-0.1, -0.05) is 71.5 Å². The van der Waals surface area contributed by atoms with Crippen molar-refractivity contribution < 1.29 is 0 Å². The molecule has 30 heavy (non-hydrogen) atoms. The summed E-state index contributed by atoms with van der Waals surface area (Å²) in [5.74, 6) is 0.0625. The number of nitrogens with zero attached hydrogens (tertiary/aromatic N) is 3. The maximum atomic E-state index is 13.1. The highest BCUT2D eigenvalue weighted by Gasteiger charge is 2.23. The van der Waals surface area contributed by atoms with Crippen LogP contribution in [0, 0.1) is 0 Å². The SMILES string of the molecule is O=c1[nH]c2ccc(Cl)cc2c(C2C=CC=CC2)c1-c1cn(Cc2ccccc2)nn1. The predicted molar refractivity (Wildman–Crippen MR) is 120 cm³/mol. The van der Waals surface area contributed by atoms with Gasteiger partial charge in [-0.15, -0.1) is 5.10 Å². The minimum absolute atomic E-state index is 0.0625. The Balaban J connectivity index is 1.67. The normalized spacial score (nSPS) is 15.7. The average Bonchev–Trinajstić information content (AvgIpc) is 3.22. The number of aromatic amines is 1. The minimum Gasteiger partial charge on any atom is -0.321 e. The molecule has 0 saturated heterocycles. The van der Waals surface area contributed by atoms with Gasteiger partial charge in [0.25, 0.3) is 5.56 Å². The van der Waals surface area contributed by atoms with Crippen LogP contribution in [0.3, 0.4) is 0 Å². The molecule has 0 amide bonds. The molecular formula is C24H19ClN4O. The second-order valence-corrected chi connectivity index (χ2v) is 7.81. The van der Waals surface area contributed by atoms with E-state index in [1.165, 1.54) is 0 Å². The van der Waals surface area contributed by atoms with Gasteiger partial charge in [0.1, 0.15) is 5.69 Å². The number of halogens is 1. The van der Waals surface area contributed by atoms with E-state index < -0.39 is 0 Å². The van der Waals surface area contributed by atoms with Crippen molar-refractivity contribution in [2.75, 3.05) is 0 Å². The van der Waals surface area contributed by atoms with Gasteiger partial charge in [0.15, 0.2) is 0 Å². The summed E-state index contributed by atoms with van der Waals surface area (Å²) in [6.45, 7) is 0.590. The molecule has 0 radical (unpaired) electrons. The second kappa shape index (κ2) is 7.76. The van der Waals surface area contributed by atoms with Gasteiger partial charge >= 0.3 is 0 Å². The van der Waals surface area contributed by atoms with Gasteiger partial charge < -0.3 is 4.98 Å². The van der Waals surface area contributed by atoms with E-state index in [0.717, 1.165) is 28.5 Å². The Bertz CT molecular complexity index is 1330. The van der Waals surface area contributed by atoms with E-state index in [1.807, 2.05) is 60.8 Å². The van der Waals surface area contributed by atoms with Crippen LogP contribution in [0.25, 0.3) is 22.2 Å². The Labute approximate surface area is 178 Å². The van der Waals surface area contributed by atoms with Crippen LogP contribution in [-0.2, 0) is 6.54 Å². The van der Waals surface area contributed by atoms with Gasteiger partial charge in [-0.05, 0) is 35.7 Å². The quantitative estimate of drug-likeness (QED) is 0.506. The molecule has 1 aliphatic rings. The van der Waals surface area contributed by atoms with Crippen molar-refractivity contribution in [2.45, 2.75) is 18.9 Å². The molecule has 5 nitrogen and oxygen atoms in total. The Kier molecular flexibility index (Phi) is 4.81. The van der Waals surface area contributed by atoms with Crippen molar-refractivity contribution in [3.05, 3.63) is 106 Å². The fourth-order valence-electron chi connectivity index (χ4n) is 3.98. The third kappa shape index (κ3) is 3.48. The van der Waals surface area contributed by atoms with Crippen LogP contribution in [-0.4, -0.2) is 20.0 Å². The number of H-pyrrole nitrogens is 1. The van der Waals surface area contributed by atoms with Crippen LogP contribution in [0.15, 0.2) is 83.8 Å². The maximum absolute atomic E-state index is 13.1. The molecule has 148 valence electrons. The number of hydrogen-bond acceptors (Lipinski definition) is 3. The molecule has 2 aromatic heterocycles. The van der Waals surface area contributed by atoms with Gasteiger partial charge in [-0.25, -0.2) is 4.68 Å². The van der Waals surface area contributed by atoms with Gasteiger partial charge in [0.05, 0.1) is 18.3 Å². The van der Waals surface area contributed by atoms with E-state index in [2.05, 4.69) is 27.4 Å². The highest BCUT2D eigenvalue weighted by atomic mass is 35.5. The first kappa shape index (κ1) is 18.6. The highest BCUT2D eigenvalue weighted by Crippen LogP contribution is 2.36. The number of allylic oxidation sites excluding steroid dienone is 4. The molecule has 2 aromatic carbocycles. The predicted octanol–water partition coefficient (Wildman–Crippen LogP) is 5.09. The molecule has 5 rings (SSSR count). The summed E-state index contributed by atoms with van der Waals surface area (Å²) in [4.78, 5) is 16.1. The molecule has 1 unspecified atom stereocenters. The molecule has 0 saturated carbocycles. The van der Waals surface area contributed by atoms with E-state index in [4.69, 9.17) is 11.6 Å². The summed E-state index contributed by atoms with van der Waals surface area (Å²) in [5.41, 5.74) is 3.76. The molecule has 1 N–H and O–H groups in total. The molecule has 0 bridgehead atoms. The number of hydrogen-bond donors (Lipinski definition) is 1. The van der Waals surface area contributed by atoms with Crippen molar-refractivity contribution in [1.29, 1.82) is 0 Å². The summed E-state index contributed by atoms with van der Waals surface area (Å²) < 4.78 is 1.76. The number of fused-ring (bicyclic) bond motifs is 1. The third-order valence-electron chi connectivity index (χ3n) is 5.35. The zero-order valence-corrected chi connectivity index (χ0v) is 16.9. The summed E-state index contributed by atoms with van der Waals surface area (Å²) in [5, 5.41) is 10.2. The molecule has 0 spiro atoms. The smallest absolute Gasteiger partial charge is 0.258 e. The summed E-state index contributed by atoms with van der Waals surface area (Å²) >= 11 is 6.31. The van der Waals surface area contributed by atoms with Crippen molar-refractivity contribution in [3.8, 4) is 11.3 Å². The molecule has 0 fully saturated rings. The first-order valence-electron chi connectivity index (χ1n) is 9.82. The maximum Gasteiger partial charge on any atom is 0.258 e. The molecule has 0 aliphatic heterocycles. The van der Waals surface area contributed by atoms with Gasteiger partial charge in [0, 0.05) is 21.8 Å². The Morgan fingerprint density at radius 3 is 2.80 bits per heavy atom. The molecule has 1 aliphatic carbocycles. The molecular weight excluding hydrogens is 396 g/mol. The van der Waals surface area contributed by atoms with Crippen LogP contribution in [0.1, 0.15) is 23.5 Å². The first-order valence-corrected chi connectivity index (χ1v) is 10.2. The number of nitrogens with one attached hydrogen (secondary N) is 1. The number of rotatable bonds is 4. The van der Waals surface area contributed by atoms with E-state index >= 15 is 0 Å². The van der Waals surface area contributed by atoms with Gasteiger partial charge in [0.2, 0.25) is 0 Å². The van der Waals surface area contributed by atoms with Crippen LogP contribution >= 0.6 is 11.6 Å². The number of pyridine rings is 1. The lowest BCUT2D eigenvalue weighted by Crippen LogP contribution is -2.15. The average molecular weight is 415 g/mol. The van der Waals surface area contributed by atoms with Crippen LogP contribution in [0.5, 0.6) is 0 Å². The van der Waals surface area contributed by atoms with E-state index in [0.29, 0.717) is 22.8 Å². The Morgan fingerprint density at radius 2 is 2.00 bits per heavy atom. The lowest BCUT2D eigenvalue weighted by atomic mass is 9.86. The molecule has 1 atom stereocenters. The van der Waals surface area contributed by atoms with Crippen molar-refractivity contribution in [2.24, 2.45) is 0 Å². The minimum atomic E-state index is -0.172. The van der Waals surface area contributed by atoms with Crippen LogP contribution < -0.4 is 5.56 Å². The van der Waals surface area contributed by atoms with E-state index in [1.54, 1.807) is 10.7 Å².